The van der Waals surface area contributed by atoms with Crippen LogP contribution in [0.25, 0.3) is 0 Å². The van der Waals surface area contributed by atoms with Gasteiger partial charge < -0.3 is 15.4 Å². The van der Waals surface area contributed by atoms with Gasteiger partial charge >= 0.3 is 6.09 Å². The molecule has 1 atom stereocenters. The first kappa shape index (κ1) is 12.7. The molecule has 4 heteroatoms. The number of carbonyl (C=O) groups is 1. The van der Waals surface area contributed by atoms with Gasteiger partial charge in [-0.15, -0.1) is 0 Å². The number of fused-ring (bicyclic) bond motifs is 1. The van der Waals surface area contributed by atoms with E-state index in [9.17, 15) is 4.79 Å². The molecular formula is C14H20N2O2. The number of ether oxygens (including phenoxy) is 1. The Morgan fingerprint density at radius 3 is 2.67 bits per heavy atom. The van der Waals surface area contributed by atoms with Gasteiger partial charge in [0.25, 0.3) is 0 Å². The van der Waals surface area contributed by atoms with Gasteiger partial charge in [-0.1, -0.05) is 33.8 Å². The van der Waals surface area contributed by atoms with Crippen LogP contribution in [-0.2, 0) is 4.74 Å². The molecule has 18 heavy (non-hydrogen) atoms. The third-order valence-electron chi connectivity index (χ3n) is 4.02. The molecule has 0 spiro atoms. The van der Waals surface area contributed by atoms with Crippen molar-refractivity contribution in [2.24, 2.45) is 16.6 Å². The number of hydrogen-bond acceptors (Lipinski definition) is 3. The van der Waals surface area contributed by atoms with Crippen LogP contribution < -0.4 is 5.73 Å². The van der Waals surface area contributed by atoms with Gasteiger partial charge in [0.2, 0.25) is 0 Å². The molecule has 0 radical (unpaired) electrons. The number of rotatable bonds is 1. The summed E-state index contributed by atoms with van der Waals surface area (Å²) < 4.78 is 5.31. The molecule has 0 saturated carbocycles. The zero-order valence-corrected chi connectivity index (χ0v) is 11.4. The molecular weight excluding hydrogens is 228 g/mol. The van der Waals surface area contributed by atoms with Gasteiger partial charge in [0.05, 0.1) is 11.1 Å². The summed E-state index contributed by atoms with van der Waals surface area (Å²) in [5.74, 6) is 0.670. The highest BCUT2D eigenvalue weighted by molar-refractivity contribution is 5.67. The maximum absolute atomic E-state index is 11.1. The number of nitrogens with two attached hydrogens (primary N) is 1. The predicted molar refractivity (Wildman–Crippen MR) is 70.2 cm³/mol. The third-order valence-corrected chi connectivity index (χ3v) is 4.02. The Morgan fingerprint density at radius 2 is 2.11 bits per heavy atom. The van der Waals surface area contributed by atoms with E-state index in [-0.39, 0.29) is 10.8 Å². The predicted octanol–water partition coefficient (Wildman–Crippen LogP) is 2.74. The number of nitrogens with zero attached hydrogens (tertiary/aromatic N) is 1. The highest BCUT2D eigenvalue weighted by atomic mass is 16.6. The molecule has 2 rings (SSSR count). The average Bonchev–Trinajstić information content (AvgIpc) is 2.52. The maximum atomic E-state index is 11.1. The Balaban J connectivity index is 2.51. The summed E-state index contributed by atoms with van der Waals surface area (Å²) in [6.45, 7) is 9.32. The maximum Gasteiger partial charge on any atom is 0.409 e. The van der Waals surface area contributed by atoms with Crippen molar-refractivity contribution in [3.63, 3.8) is 0 Å². The summed E-state index contributed by atoms with van der Waals surface area (Å²) in [5, 5.41) is 0. The van der Waals surface area contributed by atoms with E-state index < -0.39 is 6.09 Å². The van der Waals surface area contributed by atoms with Gasteiger partial charge in [0, 0.05) is 12.7 Å². The second-order valence-electron chi connectivity index (χ2n) is 6.05. The lowest BCUT2D eigenvalue weighted by atomic mass is 9.67. The molecule has 0 aromatic carbocycles. The molecule has 1 amide bonds. The van der Waals surface area contributed by atoms with Gasteiger partial charge in [0.15, 0.2) is 0 Å². The first-order valence-electron chi connectivity index (χ1n) is 6.09. The van der Waals surface area contributed by atoms with E-state index in [1.807, 2.05) is 24.4 Å². The minimum atomic E-state index is -0.752. The molecule has 2 aliphatic heterocycles. The summed E-state index contributed by atoms with van der Waals surface area (Å²) in [7, 11) is 0. The van der Waals surface area contributed by atoms with E-state index in [1.54, 1.807) is 0 Å². The van der Waals surface area contributed by atoms with Crippen LogP contribution in [0, 0.1) is 10.8 Å². The minimum Gasteiger partial charge on any atom is -0.412 e. The molecule has 2 heterocycles. The van der Waals surface area contributed by atoms with Crippen molar-refractivity contribution in [3.8, 4) is 0 Å². The highest BCUT2D eigenvalue weighted by Gasteiger charge is 2.50. The van der Waals surface area contributed by atoms with Crippen molar-refractivity contribution in [1.29, 1.82) is 0 Å². The number of carbonyl (C=O) groups excluding carboxylic acids is 1. The average molecular weight is 248 g/mol. The van der Waals surface area contributed by atoms with Crippen LogP contribution in [0.3, 0.4) is 0 Å². The summed E-state index contributed by atoms with van der Waals surface area (Å²) in [6, 6.07) is 0. The minimum absolute atomic E-state index is 0.0379. The number of primary amides is 1. The van der Waals surface area contributed by atoms with Crippen LogP contribution in [-0.4, -0.2) is 17.5 Å². The lowest BCUT2D eigenvalue weighted by Gasteiger charge is -2.39. The third kappa shape index (κ3) is 1.82. The van der Waals surface area contributed by atoms with E-state index in [0.717, 1.165) is 12.2 Å². The fourth-order valence-corrected chi connectivity index (χ4v) is 2.36. The van der Waals surface area contributed by atoms with Crippen molar-refractivity contribution in [2.75, 3.05) is 6.54 Å². The summed E-state index contributed by atoms with van der Waals surface area (Å²) >= 11 is 0. The zero-order chi connectivity index (χ0) is 13.6. The Bertz CT molecular complexity index is 469. The molecule has 2 N–H and O–H groups in total. The second kappa shape index (κ2) is 3.90. The number of amides is 1. The van der Waals surface area contributed by atoms with Crippen LogP contribution >= 0.6 is 0 Å². The van der Waals surface area contributed by atoms with E-state index in [1.165, 1.54) is 0 Å². The zero-order valence-electron chi connectivity index (χ0n) is 11.4. The van der Waals surface area contributed by atoms with Gasteiger partial charge in [-0.25, -0.2) is 4.79 Å². The van der Waals surface area contributed by atoms with E-state index in [2.05, 4.69) is 32.6 Å². The second-order valence-corrected chi connectivity index (χ2v) is 6.05. The number of hydrogen-bond donors (Lipinski definition) is 1. The Labute approximate surface area is 108 Å². The molecule has 0 bridgehead atoms. The van der Waals surface area contributed by atoms with Crippen LogP contribution in [0.15, 0.2) is 35.9 Å². The first-order valence-corrected chi connectivity index (χ1v) is 6.09. The summed E-state index contributed by atoms with van der Waals surface area (Å²) in [4.78, 5) is 13.3. The Kier molecular flexibility index (Phi) is 2.76. The molecule has 0 saturated heterocycles. The van der Waals surface area contributed by atoms with E-state index >= 15 is 0 Å². The quantitative estimate of drug-likeness (QED) is 0.776. The van der Waals surface area contributed by atoms with Gasteiger partial charge in [-0.3, -0.25) is 0 Å². The van der Waals surface area contributed by atoms with Crippen molar-refractivity contribution in [2.45, 2.75) is 27.7 Å². The first-order chi connectivity index (χ1) is 8.25. The normalized spacial score (nSPS) is 26.6. The van der Waals surface area contributed by atoms with Gasteiger partial charge in [-0.05, 0) is 17.6 Å². The summed E-state index contributed by atoms with van der Waals surface area (Å²) in [5.41, 5.74) is 5.84. The number of allylic oxidation sites excluding steroid dienone is 3. The topological polar surface area (TPSA) is 55.6 Å². The molecule has 0 aliphatic carbocycles. The van der Waals surface area contributed by atoms with Crippen molar-refractivity contribution in [1.82, 2.24) is 4.90 Å². The van der Waals surface area contributed by atoms with Crippen molar-refractivity contribution in [3.05, 3.63) is 35.9 Å². The molecule has 2 aliphatic rings. The monoisotopic (exact) mass is 248 g/mol. The SMILES string of the molecule is CC(C)(C)C1(C)CN2C=CC=CC2=C1OC(N)=O. The largest absolute Gasteiger partial charge is 0.412 e. The summed E-state index contributed by atoms with van der Waals surface area (Å²) in [6.07, 6.45) is 7.11. The Morgan fingerprint density at radius 1 is 1.44 bits per heavy atom. The van der Waals surface area contributed by atoms with Crippen molar-refractivity contribution < 1.29 is 9.53 Å². The van der Waals surface area contributed by atoms with Crippen LogP contribution in [0.4, 0.5) is 4.79 Å². The van der Waals surface area contributed by atoms with E-state index in [4.69, 9.17) is 10.5 Å². The molecule has 4 nitrogen and oxygen atoms in total. The lowest BCUT2D eigenvalue weighted by molar-refractivity contribution is 0.0848. The van der Waals surface area contributed by atoms with E-state index in [0.29, 0.717) is 5.76 Å². The Hall–Kier alpha value is -1.71. The highest BCUT2D eigenvalue weighted by Crippen LogP contribution is 2.51. The molecule has 0 aromatic heterocycles. The van der Waals surface area contributed by atoms with Gasteiger partial charge in [-0.2, -0.15) is 0 Å². The van der Waals surface area contributed by atoms with Crippen LogP contribution in [0.1, 0.15) is 27.7 Å². The molecule has 0 fully saturated rings. The lowest BCUT2D eigenvalue weighted by Crippen LogP contribution is -2.39. The standard InChI is InChI=1S/C14H20N2O2/c1-13(2,3)14(4)9-16-8-6-5-7-10(16)11(14)18-12(15)17/h5-8H,9H2,1-4H3,(H2,15,17). The van der Waals surface area contributed by atoms with Gasteiger partial charge in [0.1, 0.15) is 5.76 Å². The smallest absolute Gasteiger partial charge is 0.409 e. The molecule has 98 valence electrons. The fourth-order valence-electron chi connectivity index (χ4n) is 2.36. The van der Waals surface area contributed by atoms with Crippen LogP contribution in [0.5, 0.6) is 0 Å². The molecule has 1 unspecified atom stereocenters. The molecule has 0 aromatic rings. The van der Waals surface area contributed by atoms with Crippen molar-refractivity contribution >= 4 is 6.09 Å². The van der Waals surface area contributed by atoms with Crippen LogP contribution in [0.2, 0.25) is 0 Å². The fraction of sp³-hybridized carbons (Fsp3) is 0.500.